The lowest BCUT2D eigenvalue weighted by molar-refractivity contribution is 0.207. The van der Waals surface area contributed by atoms with Gasteiger partial charge in [0.05, 0.1) is 0 Å². The fourth-order valence-corrected chi connectivity index (χ4v) is 1.06. The Bertz CT molecular complexity index is 121. The third-order valence-corrected chi connectivity index (χ3v) is 1.48. The van der Waals surface area contributed by atoms with Crippen LogP contribution in [0.25, 0.3) is 0 Å². The fraction of sp³-hybridized carbons (Fsp3) is 0.800. The van der Waals surface area contributed by atoms with Crippen molar-refractivity contribution in [2.45, 2.75) is 0 Å². The van der Waals surface area contributed by atoms with Crippen LogP contribution >= 0.6 is 12.2 Å². The number of nitrogens with two attached hydrogens (primary N) is 1. The summed E-state index contributed by atoms with van der Waals surface area (Å²) in [6.45, 7) is 3.90. The Hall–Kier alpha value is -0.390. The first-order valence-electron chi connectivity index (χ1n) is 3.31. The molecule has 1 heterocycles. The molecule has 0 spiro atoms. The van der Waals surface area contributed by atoms with Gasteiger partial charge in [0.15, 0.2) is 5.11 Å². The average Bonchev–Trinajstić information content (AvgIpc) is 1.88. The van der Waals surface area contributed by atoms with Gasteiger partial charge in [-0.3, -0.25) is 5.43 Å². The van der Waals surface area contributed by atoms with Gasteiger partial charge in [-0.25, -0.2) is 5.01 Å². The summed E-state index contributed by atoms with van der Waals surface area (Å²) in [4.78, 5) is 0. The molecule has 1 aliphatic rings. The predicted octanol–water partition coefficient (Wildman–Crippen LogP) is -1.36. The molecule has 0 aliphatic carbocycles. The van der Waals surface area contributed by atoms with E-state index >= 15 is 0 Å². The van der Waals surface area contributed by atoms with Crippen molar-refractivity contribution in [3.8, 4) is 0 Å². The van der Waals surface area contributed by atoms with Crippen molar-refractivity contribution in [2.24, 2.45) is 5.73 Å². The van der Waals surface area contributed by atoms with Crippen molar-refractivity contribution in [3.63, 3.8) is 0 Å². The molecule has 0 aromatic heterocycles. The highest BCUT2D eigenvalue weighted by Crippen LogP contribution is 1.84. The number of hydrogen-bond acceptors (Lipinski definition) is 3. The highest BCUT2D eigenvalue weighted by atomic mass is 32.1. The van der Waals surface area contributed by atoms with E-state index in [1.165, 1.54) is 0 Å². The van der Waals surface area contributed by atoms with Crippen LogP contribution in [0, 0.1) is 0 Å². The average molecular weight is 160 g/mol. The number of hydrogen-bond donors (Lipinski definition) is 3. The zero-order valence-corrected chi connectivity index (χ0v) is 6.58. The van der Waals surface area contributed by atoms with Crippen molar-refractivity contribution in [3.05, 3.63) is 0 Å². The number of nitrogens with one attached hydrogen (secondary N) is 2. The summed E-state index contributed by atoms with van der Waals surface area (Å²) in [5.74, 6) is 0. The topological polar surface area (TPSA) is 53.3 Å². The maximum absolute atomic E-state index is 5.28. The van der Waals surface area contributed by atoms with Gasteiger partial charge in [0, 0.05) is 26.2 Å². The van der Waals surface area contributed by atoms with Crippen LogP contribution in [0.3, 0.4) is 0 Å². The summed E-state index contributed by atoms with van der Waals surface area (Å²) in [7, 11) is 0. The van der Waals surface area contributed by atoms with Gasteiger partial charge in [-0.2, -0.15) is 0 Å². The predicted molar refractivity (Wildman–Crippen MR) is 44.4 cm³/mol. The van der Waals surface area contributed by atoms with E-state index in [-0.39, 0.29) is 0 Å². The van der Waals surface area contributed by atoms with Gasteiger partial charge < -0.3 is 11.1 Å². The highest BCUT2D eigenvalue weighted by Gasteiger charge is 2.07. The number of rotatable bonds is 1. The lowest BCUT2D eigenvalue weighted by atomic mass is 10.4. The minimum atomic E-state index is 0.349. The molecular formula is C5H12N4S. The van der Waals surface area contributed by atoms with E-state index in [0.29, 0.717) is 5.11 Å². The summed E-state index contributed by atoms with van der Waals surface area (Å²) in [5, 5.41) is 5.58. The van der Waals surface area contributed by atoms with Crippen molar-refractivity contribution >= 4 is 17.3 Å². The third kappa shape index (κ3) is 2.47. The Morgan fingerprint density at radius 1 is 1.50 bits per heavy atom. The summed E-state index contributed by atoms with van der Waals surface area (Å²) < 4.78 is 0. The molecule has 5 heteroatoms. The van der Waals surface area contributed by atoms with Crippen LogP contribution < -0.4 is 16.5 Å². The van der Waals surface area contributed by atoms with Crippen LogP contribution in [0.15, 0.2) is 0 Å². The van der Waals surface area contributed by atoms with Gasteiger partial charge in [0.25, 0.3) is 0 Å². The van der Waals surface area contributed by atoms with Crippen LogP contribution in [0.4, 0.5) is 0 Å². The fourth-order valence-electron chi connectivity index (χ4n) is 0.932. The Balaban J connectivity index is 2.19. The minimum Gasteiger partial charge on any atom is -0.375 e. The summed E-state index contributed by atoms with van der Waals surface area (Å²) in [6, 6.07) is 0. The molecule has 10 heavy (non-hydrogen) atoms. The van der Waals surface area contributed by atoms with E-state index in [0.717, 1.165) is 26.2 Å². The molecule has 1 aliphatic heterocycles. The second kappa shape index (κ2) is 3.70. The molecule has 1 saturated heterocycles. The van der Waals surface area contributed by atoms with Crippen LogP contribution in [0.1, 0.15) is 0 Å². The van der Waals surface area contributed by atoms with E-state index in [2.05, 4.69) is 23.0 Å². The quantitative estimate of drug-likeness (QED) is 0.414. The Labute approximate surface area is 65.7 Å². The van der Waals surface area contributed by atoms with Crippen LogP contribution in [0.5, 0.6) is 0 Å². The molecule has 0 radical (unpaired) electrons. The SMILES string of the molecule is NC(=S)NN1CCNCC1. The lowest BCUT2D eigenvalue weighted by Crippen LogP contribution is -2.53. The Morgan fingerprint density at radius 3 is 2.60 bits per heavy atom. The molecule has 1 fully saturated rings. The van der Waals surface area contributed by atoms with Crippen LogP contribution in [-0.4, -0.2) is 36.3 Å². The van der Waals surface area contributed by atoms with E-state index < -0.39 is 0 Å². The highest BCUT2D eigenvalue weighted by molar-refractivity contribution is 7.80. The molecule has 0 atom stereocenters. The summed E-state index contributed by atoms with van der Waals surface area (Å²) in [6.07, 6.45) is 0. The van der Waals surface area contributed by atoms with E-state index in [1.807, 2.05) is 5.01 Å². The van der Waals surface area contributed by atoms with Crippen molar-refractivity contribution < 1.29 is 0 Å². The molecule has 0 bridgehead atoms. The monoisotopic (exact) mass is 160 g/mol. The smallest absolute Gasteiger partial charge is 0.178 e. The second-order valence-electron chi connectivity index (χ2n) is 2.21. The summed E-state index contributed by atoms with van der Waals surface area (Å²) >= 11 is 4.68. The van der Waals surface area contributed by atoms with Crippen LogP contribution in [0.2, 0.25) is 0 Å². The van der Waals surface area contributed by atoms with Gasteiger partial charge in [-0.05, 0) is 12.2 Å². The number of hydrazine groups is 1. The molecule has 4 nitrogen and oxygen atoms in total. The van der Waals surface area contributed by atoms with Crippen molar-refractivity contribution in [1.82, 2.24) is 15.8 Å². The Morgan fingerprint density at radius 2 is 2.10 bits per heavy atom. The molecule has 0 aromatic rings. The molecule has 0 saturated carbocycles. The van der Waals surface area contributed by atoms with Gasteiger partial charge in [0.1, 0.15) is 0 Å². The van der Waals surface area contributed by atoms with Gasteiger partial charge in [0.2, 0.25) is 0 Å². The van der Waals surface area contributed by atoms with E-state index in [1.54, 1.807) is 0 Å². The molecule has 1 rings (SSSR count). The van der Waals surface area contributed by atoms with Gasteiger partial charge in [-0.15, -0.1) is 0 Å². The first-order chi connectivity index (χ1) is 4.79. The lowest BCUT2D eigenvalue weighted by Gasteiger charge is -2.27. The second-order valence-corrected chi connectivity index (χ2v) is 2.65. The molecular weight excluding hydrogens is 148 g/mol. The normalized spacial score (nSPS) is 20.4. The molecule has 58 valence electrons. The van der Waals surface area contributed by atoms with E-state index in [9.17, 15) is 0 Å². The number of nitrogens with zero attached hydrogens (tertiary/aromatic N) is 1. The Kier molecular flexibility index (Phi) is 2.85. The number of thiocarbonyl (C=S) groups is 1. The maximum atomic E-state index is 5.28. The molecule has 0 amide bonds. The van der Waals surface area contributed by atoms with Gasteiger partial charge >= 0.3 is 0 Å². The number of piperazine rings is 1. The van der Waals surface area contributed by atoms with E-state index in [4.69, 9.17) is 5.73 Å². The molecule has 0 aromatic carbocycles. The first kappa shape index (κ1) is 7.71. The summed E-state index contributed by atoms with van der Waals surface area (Å²) in [5.41, 5.74) is 8.17. The maximum Gasteiger partial charge on any atom is 0.178 e. The molecule has 4 N–H and O–H groups in total. The standard InChI is InChI=1S/C5H12N4S/c6-5(10)8-9-3-1-7-2-4-9/h7H,1-4H2,(H3,6,8,10). The van der Waals surface area contributed by atoms with Crippen molar-refractivity contribution in [1.29, 1.82) is 0 Å². The van der Waals surface area contributed by atoms with Gasteiger partial charge in [-0.1, -0.05) is 0 Å². The minimum absolute atomic E-state index is 0.349. The molecule has 0 unspecified atom stereocenters. The first-order valence-corrected chi connectivity index (χ1v) is 3.71. The third-order valence-electron chi connectivity index (χ3n) is 1.39. The van der Waals surface area contributed by atoms with Crippen LogP contribution in [-0.2, 0) is 0 Å². The largest absolute Gasteiger partial charge is 0.375 e. The zero-order chi connectivity index (χ0) is 7.40. The van der Waals surface area contributed by atoms with Crippen molar-refractivity contribution in [2.75, 3.05) is 26.2 Å². The zero-order valence-electron chi connectivity index (χ0n) is 5.76.